The van der Waals surface area contributed by atoms with Crippen molar-refractivity contribution in [3.05, 3.63) is 52.2 Å². The van der Waals surface area contributed by atoms with Crippen molar-refractivity contribution in [2.24, 2.45) is 0 Å². The second kappa shape index (κ2) is 9.64. The van der Waals surface area contributed by atoms with Crippen molar-refractivity contribution in [3.63, 3.8) is 0 Å². The summed E-state index contributed by atoms with van der Waals surface area (Å²) in [6.45, 7) is 5.66. The molecule has 0 bridgehead atoms. The number of carbonyl (C=O) groups excluding carboxylic acids is 2. The predicted molar refractivity (Wildman–Crippen MR) is 109 cm³/mol. The van der Waals surface area contributed by atoms with Crippen molar-refractivity contribution in [2.45, 2.75) is 13.0 Å². The van der Waals surface area contributed by atoms with Gasteiger partial charge in [-0.15, -0.1) is 11.3 Å². The van der Waals surface area contributed by atoms with Gasteiger partial charge in [-0.25, -0.2) is 0 Å². The van der Waals surface area contributed by atoms with Gasteiger partial charge in [0.25, 0.3) is 5.91 Å². The van der Waals surface area contributed by atoms with E-state index in [1.54, 1.807) is 6.07 Å². The normalized spacial score (nSPS) is 15.4. The van der Waals surface area contributed by atoms with Gasteiger partial charge in [0.05, 0.1) is 4.88 Å². The van der Waals surface area contributed by atoms with Crippen molar-refractivity contribution in [2.75, 3.05) is 45.1 Å². The van der Waals surface area contributed by atoms with Crippen molar-refractivity contribution in [1.29, 1.82) is 0 Å². The van der Waals surface area contributed by atoms with E-state index >= 15 is 0 Å². The topological polar surface area (TPSA) is 64.7 Å². The zero-order chi connectivity index (χ0) is 19.1. The second-order valence-corrected chi connectivity index (χ2v) is 7.76. The van der Waals surface area contributed by atoms with E-state index in [0.717, 1.165) is 38.4 Å². The molecule has 7 heteroatoms. The van der Waals surface area contributed by atoms with E-state index in [9.17, 15) is 9.59 Å². The maximum Gasteiger partial charge on any atom is 0.261 e. The highest BCUT2D eigenvalue weighted by Gasteiger charge is 2.14. The molecule has 3 rings (SSSR count). The lowest BCUT2D eigenvalue weighted by Gasteiger charge is -2.32. The summed E-state index contributed by atoms with van der Waals surface area (Å²) >= 11 is 1.39. The smallest absolute Gasteiger partial charge is 0.261 e. The molecular weight excluding hydrogens is 360 g/mol. The number of hydrogen-bond donors (Lipinski definition) is 2. The Balaban J connectivity index is 1.38. The highest BCUT2D eigenvalue weighted by atomic mass is 32.1. The lowest BCUT2D eigenvalue weighted by Crippen LogP contribution is -2.43. The summed E-state index contributed by atoms with van der Waals surface area (Å²) in [5, 5.41) is 7.50. The molecule has 1 aliphatic rings. The molecular formula is C20H26N4O2S. The Morgan fingerprint density at radius 1 is 1.07 bits per heavy atom. The number of nitrogens with zero attached hydrogens (tertiary/aromatic N) is 2. The number of amides is 2. The minimum absolute atomic E-state index is 0.103. The largest absolute Gasteiger partial charge is 0.351 e. The number of piperazine rings is 1. The average molecular weight is 387 g/mol. The maximum atomic E-state index is 12.0. The number of hydrogen-bond acceptors (Lipinski definition) is 5. The number of benzene rings is 1. The predicted octanol–water partition coefficient (Wildman–Crippen LogP) is 2.25. The van der Waals surface area contributed by atoms with E-state index in [1.807, 2.05) is 23.6 Å². The molecule has 0 spiro atoms. The van der Waals surface area contributed by atoms with Crippen molar-refractivity contribution in [3.8, 4) is 0 Å². The Labute approximate surface area is 164 Å². The molecule has 1 fully saturated rings. The van der Waals surface area contributed by atoms with E-state index in [0.29, 0.717) is 11.4 Å². The van der Waals surface area contributed by atoms with Gasteiger partial charge in [0.1, 0.15) is 0 Å². The molecule has 0 aliphatic carbocycles. The van der Waals surface area contributed by atoms with Crippen LogP contribution in [0, 0.1) is 0 Å². The number of nitrogens with one attached hydrogen (secondary N) is 2. The Morgan fingerprint density at radius 2 is 1.81 bits per heavy atom. The monoisotopic (exact) mass is 386 g/mol. The molecule has 1 aliphatic heterocycles. The fraction of sp³-hybridized carbons (Fsp3) is 0.400. The second-order valence-electron chi connectivity index (χ2n) is 6.81. The van der Waals surface area contributed by atoms with Gasteiger partial charge >= 0.3 is 0 Å². The van der Waals surface area contributed by atoms with Crippen LogP contribution in [-0.2, 0) is 11.3 Å². The van der Waals surface area contributed by atoms with Gasteiger partial charge in [0.2, 0.25) is 5.91 Å². The summed E-state index contributed by atoms with van der Waals surface area (Å²) in [4.78, 5) is 29.3. The van der Waals surface area contributed by atoms with Crippen molar-refractivity contribution >= 4 is 28.8 Å². The van der Waals surface area contributed by atoms with Crippen molar-refractivity contribution < 1.29 is 9.59 Å². The third-order valence-electron chi connectivity index (χ3n) is 4.62. The van der Waals surface area contributed by atoms with Crippen LogP contribution in [0.15, 0.2) is 41.8 Å². The van der Waals surface area contributed by atoms with E-state index in [2.05, 4.69) is 39.6 Å². The van der Waals surface area contributed by atoms with E-state index in [4.69, 9.17) is 0 Å². The van der Waals surface area contributed by atoms with Crippen LogP contribution in [0.1, 0.15) is 21.7 Å². The van der Waals surface area contributed by atoms with Gasteiger partial charge in [-0.05, 0) is 36.2 Å². The zero-order valence-corrected chi connectivity index (χ0v) is 16.4. The SMILES string of the molecule is CN1CCN(Cc2ccc(NC(=O)CCNC(=O)c3cccs3)cc2)CC1. The molecule has 27 heavy (non-hydrogen) atoms. The van der Waals surface area contributed by atoms with Gasteiger partial charge < -0.3 is 15.5 Å². The van der Waals surface area contributed by atoms with Crippen LogP contribution in [-0.4, -0.2) is 61.4 Å². The Morgan fingerprint density at radius 3 is 2.48 bits per heavy atom. The first-order valence-corrected chi connectivity index (χ1v) is 10.1. The Hall–Kier alpha value is -2.22. The molecule has 1 aromatic carbocycles. The highest BCUT2D eigenvalue weighted by Crippen LogP contribution is 2.13. The first kappa shape index (κ1) is 19.5. The molecule has 0 radical (unpaired) electrons. The zero-order valence-electron chi connectivity index (χ0n) is 15.6. The lowest BCUT2D eigenvalue weighted by molar-refractivity contribution is -0.116. The minimum atomic E-state index is -0.133. The van der Waals surface area contributed by atoms with Crippen LogP contribution >= 0.6 is 11.3 Å². The lowest BCUT2D eigenvalue weighted by atomic mass is 10.1. The number of thiophene rings is 1. The quantitative estimate of drug-likeness (QED) is 0.766. The standard InChI is InChI=1S/C20H26N4O2S/c1-23-10-12-24(13-11-23)15-16-4-6-17(7-5-16)22-19(25)8-9-21-20(26)18-3-2-14-27-18/h2-7,14H,8-13,15H2,1H3,(H,21,26)(H,22,25). The number of rotatable bonds is 7. The van der Waals surface area contributed by atoms with Crippen LogP contribution in [0.3, 0.4) is 0 Å². The molecule has 2 N–H and O–H groups in total. The summed E-state index contributed by atoms with van der Waals surface area (Å²) in [6, 6.07) is 11.6. The maximum absolute atomic E-state index is 12.0. The molecule has 1 saturated heterocycles. The third kappa shape index (κ3) is 6.16. The van der Waals surface area contributed by atoms with E-state index in [1.165, 1.54) is 16.9 Å². The fourth-order valence-corrected chi connectivity index (χ4v) is 3.61. The van der Waals surface area contributed by atoms with Crippen LogP contribution in [0.4, 0.5) is 5.69 Å². The summed E-state index contributed by atoms with van der Waals surface area (Å²) in [7, 11) is 2.16. The summed E-state index contributed by atoms with van der Waals surface area (Å²) in [5.74, 6) is -0.237. The molecule has 2 amide bonds. The molecule has 1 aromatic heterocycles. The van der Waals surface area contributed by atoms with Gasteiger partial charge in [-0.3, -0.25) is 14.5 Å². The summed E-state index contributed by atoms with van der Waals surface area (Å²) in [6.07, 6.45) is 0.250. The Kier molecular flexibility index (Phi) is 6.98. The van der Waals surface area contributed by atoms with Gasteiger partial charge in [-0.2, -0.15) is 0 Å². The molecule has 2 heterocycles. The van der Waals surface area contributed by atoms with Gasteiger partial charge in [-0.1, -0.05) is 18.2 Å². The first-order valence-electron chi connectivity index (χ1n) is 9.21. The van der Waals surface area contributed by atoms with Crippen LogP contribution in [0.5, 0.6) is 0 Å². The van der Waals surface area contributed by atoms with Crippen LogP contribution < -0.4 is 10.6 Å². The van der Waals surface area contributed by atoms with E-state index in [-0.39, 0.29) is 18.2 Å². The number of carbonyl (C=O) groups is 2. The van der Waals surface area contributed by atoms with Crippen molar-refractivity contribution in [1.82, 2.24) is 15.1 Å². The van der Waals surface area contributed by atoms with Gasteiger partial charge in [0, 0.05) is 51.4 Å². The highest BCUT2D eigenvalue weighted by molar-refractivity contribution is 7.12. The Bertz CT molecular complexity index is 738. The molecule has 0 atom stereocenters. The molecule has 0 unspecified atom stereocenters. The average Bonchev–Trinajstić information content (AvgIpc) is 3.20. The third-order valence-corrected chi connectivity index (χ3v) is 5.49. The number of likely N-dealkylation sites (N-methyl/N-ethyl adjacent to an activating group) is 1. The van der Waals surface area contributed by atoms with Crippen LogP contribution in [0.25, 0.3) is 0 Å². The summed E-state index contributed by atoms with van der Waals surface area (Å²) < 4.78 is 0. The molecule has 0 saturated carbocycles. The minimum Gasteiger partial charge on any atom is -0.351 e. The molecule has 6 nitrogen and oxygen atoms in total. The first-order chi connectivity index (χ1) is 13.1. The van der Waals surface area contributed by atoms with Crippen LogP contribution in [0.2, 0.25) is 0 Å². The van der Waals surface area contributed by atoms with Gasteiger partial charge in [0.15, 0.2) is 0 Å². The van der Waals surface area contributed by atoms with E-state index < -0.39 is 0 Å². The fourth-order valence-electron chi connectivity index (χ4n) is 2.97. The summed E-state index contributed by atoms with van der Waals surface area (Å²) in [5.41, 5.74) is 2.03. The molecule has 2 aromatic rings. The molecule has 144 valence electrons. The number of anilines is 1.